The summed E-state index contributed by atoms with van der Waals surface area (Å²) in [6, 6.07) is 0. The van der Waals surface area contributed by atoms with Gasteiger partial charge in [0.25, 0.3) is 0 Å². The molecule has 1 aliphatic rings. The molecule has 1 heterocycles. The Labute approximate surface area is 128 Å². The Bertz CT molecular complexity index is 509. The number of rotatable bonds is 8. The Morgan fingerprint density at radius 1 is 1.43 bits per heavy atom. The molecule has 5 nitrogen and oxygen atoms in total. The van der Waals surface area contributed by atoms with Crippen LogP contribution in [0.5, 0.6) is 0 Å². The monoisotopic (exact) mass is 310 g/mol. The highest BCUT2D eigenvalue weighted by atomic mass is 32.1. The average molecular weight is 310 g/mol. The van der Waals surface area contributed by atoms with Crippen LogP contribution in [0.15, 0.2) is 5.38 Å². The van der Waals surface area contributed by atoms with Gasteiger partial charge in [-0.2, -0.15) is 0 Å². The third-order valence-electron chi connectivity index (χ3n) is 4.07. The van der Waals surface area contributed by atoms with Crippen LogP contribution < -0.4 is 5.32 Å². The number of carbonyl (C=O) groups excluding carboxylic acids is 1. The van der Waals surface area contributed by atoms with Crippen LogP contribution in [0.2, 0.25) is 0 Å². The lowest BCUT2D eigenvalue weighted by molar-refractivity contribution is -0.157. The molecule has 116 valence electrons. The van der Waals surface area contributed by atoms with Crippen molar-refractivity contribution in [2.45, 2.75) is 51.9 Å². The summed E-state index contributed by atoms with van der Waals surface area (Å²) in [5.74, 6) is -0.967. The maximum Gasteiger partial charge on any atom is 0.310 e. The van der Waals surface area contributed by atoms with Gasteiger partial charge in [-0.05, 0) is 39.0 Å². The molecule has 0 aromatic carbocycles. The highest BCUT2D eigenvalue weighted by molar-refractivity contribution is 7.09. The number of hydrogen-bond acceptors (Lipinski definition) is 4. The van der Waals surface area contributed by atoms with Crippen LogP contribution in [0.1, 0.15) is 49.2 Å². The van der Waals surface area contributed by atoms with Crippen LogP contribution in [-0.2, 0) is 16.0 Å². The van der Waals surface area contributed by atoms with Crippen LogP contribution in [0.25, 0.3) is 0 Å². The van der Waals surface area contributed by atoms with E-state index in [2.05, 4.69) is 10.3 Å². The first-order valence-electron chi connectivity index (χ1n) is 7.43. The van der Waals surface area contributed by atoms with Crippen LogP contribution >= 0.6 is 11.3 Å². The number of nitrogens with zero attached hydrogens (tertiary/aromatic N) is 1. The Morgan fingerprint density at radius 3 is 2.71 bits per heavy atom. The van der Waals surface area contributed by atoms with Gasteiger partial charge in [-0.3, -0.25) is 9.59 Å². The number of amides is 1. The van der Waals surface area contributed by atoms with Gasteiger partial charge in [0.1, 0.15) is 0 Å². The summed E-state index contributed by atoms with van der Waals surface area (Å²) in [5, 5.41) is 15.2. The molecule has 2 N–H and O–H groups in total. The molecule has 6 heteroatoms. The molecule has 1 aromatic rings. The van der Waals surface area contributed by atoms with Crippen molar-refractivity contribution in [3.63, 3.8) is 0 Å². The zero-order valence-electron chi connectivity index (χ0n) is 12.4. The van der Waals surface area contributed by atoms with Gasteiger partial charge in [0.05, 0.1) is 10.4 Å². The van der Waals surface area contributed by atoms with Gasteiger partial charge >= 0.3 is 5.97 Å². The lowest BCUT2D eigenvalue weighted by Crippen LogP contribution is -2.42. The number of unbranched alkanes of at least 4 members (excludes halogenated alkanes) is 1. The summed E-state index contributed by atoms with van der Waals surface area (Å²) in [5.41, 5.74) is 0.269. The van der Waals surface area contributed by atoms with Crippen molar-refractivity contribution in [1.82, 2.24) is 10.3 Å². The van der Waals surface area contributed by atoms with E-state index < -0.39 is 11.4 Å². The number of aliphatic carboxylic acids is 1. The molecule has 0 spiro atoms. The van der Waals surface area contributed by atoms with Gasteiger partial charge in [0, 0.05) is 24.0 Å². The van der Waals surface area contributed by atoms with Crippen molar-refractivity contribution in [3.8, 4) is 0 Å². The van der Waals surface area contributed by atoms with Gasteiger partial charge in [0.15, 0.2) is 0 Å². The number of carboxylic acids is 1. The third kappa shape index (κ3) is 4.27. The summed E-state index contributed by atoms with van der Waals surface area (Å²) in [4.78, 5) is 27.4. The predicted molar refractivity (Wildman–Crippen MR) is 81.3 cm³/mol. The van der Waals surface area contributed by atoms with E-state index in [0.717, 1.165) is 36.4 Å². The minimum Gasteiger partial charge on any atom is -0.481 e. The lowest BCUT2D eigenvalue weighted by atomic mass is 9.66. The van der Waals surface area contributed by atoms with E-state index in [1.165, 1.54) is 0 Å². The molecular weight excluding hydrogens is 288 g/mol. The van der Waals surface area contributed by atoms with E-state index in [4.69, 9.17) is 0 Å². The van der Waals surface area contributed by atoms with E-state index in [1.54, 1.807) is 11.3 Å². The second-order valence-electron chi connectivity index (χ2n) is 5.81. The number of carboxylic acid groups (broad SMARTS) is 1. The molecule has 1 aromatic heterocycles. The third-order valence-corrected chi connectivity index (χ3v) is 5.10. The molecule has 0 unspecified atom stereocenters. The number of thiazole rings is 1. The van der Waals surface area contributed by atoms with Gasteiger partial charge in [-0.15, -0.1) is 11.3 Å². The summed E-state index contributed by atoms with van der Waals surface area (Å²) < 4.78 is 0. The molecule has 1 amide bonds. The quantitative estimate of drug-likeness (QED) is 0.723. The lowest BCUT2D eigenvalue weighted by Gasteiger charge is -2.36. The molecular formula is C15H22N2O3S. The first kappa shape index (κ1) is 15.9. The van der Waals surface area contributed by atoms with Crippen molar-refractivity contribution < 1.29 is 14.7 Å². The number of carbonyl (C=O) groups is 2. The molecule has 0 atom stereocenters. The topological polar surface area (TPSA) is 79.3 Å². The van der Waals surface area contributed by atoms with Crippen LogP contribution in [0.3, 0.4) is 0 Å². The number of aromatic nitrogens is 1. The van der Waals surface area contributed by atoms with Gasteiger partial charge in [-0.1, -0.05) is 6.42 Å². The molecule has 0 saturated heterocycles. The van der Waals surface area contributed by atoms with E-state index in [9.17, 15) is 14.7 Å². The second-order valence-corrected chi connectivity index (χ2v) is 6.75. The Morgan fingerprint density at radius 2 is 2.19 bits per heavy atom. The van der Waals surface area contributed by atoms with Crippen LogP contribution in [0, 0.1) is 12.3 Å². The maximum absolute atomic E-state index is 11.8. The fraction of sp³-hybridized carbons (Fsp3) is 0.667. The number of aryl methyl sites for hydroxylation is 2. The standard InChI is InChI=1S/C15H22N2O3S/c1-11-10-21-13(17-11)5-2-3-8-16-12(18)9-15(14(19)20)6-4-7-15/h10H,2-9H2,1H3,(H,16,18)(H,19,20). The van der Waals surface area contributed by atoms with E-state index >= 15 is 0 Å². The van der Waals surface area contributed by atoms with Crippen molar-refractivity contribution >= 4 is 23.2 Å². The smallest absolute Gasteiger partial charge is 0.310 e. The summed E-state index contributed by atoms with van der Waals surface area (Å²) in [7, 11) is 0. The summed E-state index contributed by atoms with van der Waals surface area (Å²) >= 11 is 1.67. The minimum atomic E-state index is -0.831. The van der Waals surface area contributed by atoms with Crippen molar-refractivity contribution in [3.05, 3.63) is 16.1 Å². The summed E-state index contributed by atoms with van der Waals surface area (Å²) in [6.45, 7) is 2.60. The number of hydrogen-bond donors (Lipinski definition) is 2. The molecule has 2 rings (SSSR count). The fourth-order valence-electron chi connectivity index (χ4n) is 2.59. The molecule has 1 fully saturated rings. The highest BCUT2D eigenvalue weighted by Gasteiger charge is 2.45. The first-order chi connectivity index (χ1) is 10.0. The maximum atomic E-state index is 11.8. The van der Waals surface area contributed by atoms with Crippen LogP contribution in [0.4, 0.5) is 0 Å². The zero-order chi connectivity index (χ0) is 15.3. The molecule has 1 saturated carbocycles. The number of nitrogens with one attached hydrogen (secondary N) is 1. The molecule has 21 heavy (non-hydrogen) atoms. The summed E-state index contributed by atoms with van der Waals surface area (Å²) in [6.07, 6.45) is 5.09. The Hall–Kier alpha value is -1.43. The fourth-order valence-corrected chi connectivity index (χ4v) is 3.40. The molecule has 0 radical (unpaired) electrons. The SMILES string of the molecule is Cc1csc(CCCCNC(=O)CC2(C(=O)O)CCC2)n1. The van der Waals surface area contributed by atoms with E-state index in [1.807, 2.05) is 12.3 Å². The van der Waals surface area contributed by atoms with Crippen molar-refractivity contribution in [2.75, 3.05) is 6.54 Å². The van der Waals surface area contributed by atoms with E-state index in [-0.39, 0.29) is 12.3 Å². The van der Waals surface area contributed by atoms with Gasteiger partial charge in [0.2, 0.25) is 5.91 Å². The average Bonchev–Trinajstić information content (AvgIpc) is 2.79. The van der Waals surface area contributed by atoms with Gasteiger partial charge in [-0.25, -0.2) is 4.98 Å². The Balaban J connectivity index is 1.60. The Kier molecular flexibility index (Phi) is 5.33. The van der Waals surface area contributed by atoms with Crippen molar-refractivity contribution in [1.29, 1.82) is 0 Å². The minimum absolute atomic E-state index is 0.119. The van der Waals surface area contributed by atoms with Crippen molar-refractivity contribution in [2.24, 2.45) is 5.41 Å². The largest absolute Gasteiger partial charge is 0.481 e. The molecule has 1 aliphatic carbocycles. The first-order valence-corrected chi connectivity index (χ1v) is 8.31. The van der Waals surface area contributed by atoms with Crippen LogP contribution in [-0.4, -0.2) is 28.5 Å². The van der Waals surface area contributed by atoms with Gasteiger partial charge < -0.3 is 10.4 Å². The highest BCUT2D eigenvalue weighted by Crippen LogP contribution is 2.44. The van der Waals surface area contributed by atoms with E-state index in [0.29, 0.717) is 19.4 Å². The predicted octanol–water partition coefficient (Wildman–Crippen LogP) is 2.54. The molecule has 0 bridgehead atoms. The normalized spacial score (nSPS) is 16.2. The zero-order valence-corrected chi connectivity index (χ0v) is 13.2. The second kappa shape index (κ2) is 7.02. The molecule has 0 aliphatic heterocycles.